The third kappa shape index (κ3) is 7.81. The zero-order valence-electron chi connectivity index (χ0n) is 16.5. The number of amides is 1. The fraction of sp³-hybridized carbons (Fsp3) is 0.238. The van der Waals surface area contributed by atoms with Gasteiger partial charge in [-0.3, -0.25) is 4.79 Å². The summed E-state index contributed by atoms with van der Waals surface area (Å²) >= 11 is 4.49. The molecule has 0 spiro atoms. The average Bonchev–Trinajstić information content (AvgIpc) is 3.24. The molecule has 9 heteroatoms. The molecule has 1 aromatic heterocycles. The monoisotopic (exact) mass is 458 g/mol. The fourth-order valence-electron chi connectivity index (χ4n) is 2.24. The Morgan fingerprint density at radius 3 is 2.57 bits per heavy atom. The van der Waals surface area contributed by atoms with Crippen molar-refractivity contribution in [1.82, 2.24) is 15.6 Å². The number of benzene rings is 2. The highest BCUT2D eigenvalue weighted by molar-refractivity contribution is 8.03. The van der Waals surface area contributed by atoms with E-state index in [1.54, 1.807) is 18.0 Å². The van der Waals surface area contributed by atoms with Crippen LogP contribution in [0.2, 0.25) is 0 Å². The maximum Gasteiger partial charge on any atom is 0.250 e. The summed E-state index contributed by atoms with van der Waals surface area (Å²) < 4.78 is 7.20. The first-order valence-corrected chi connectivity index (χ1v) is 12.2. The van der Waals surface area contributed by atoms with Crippen LogP contribution in [0.25, 0.3) is 0 Å². The molecule has 1 amide bonds. The smallest absolute Gasteiger partial charge is 0.250 e. The highest BCUT2D eigenvalue weighted by Crippen LogP contribution is 2.30. The van der Waals surface area contributed by atoms with Crippen molar-refractivity contribution in [2.75, 3.05) is 12.4 Å². The predicted molar refractivity (Wildman–Crippen MR) is 125 cm³/mol. The van der Waals surface area contributed by atoms with Crippen LogP contribution in [0.5, 0.6) is 5.75 Å². The zero-order chi connectivity index (χ0) is 21.0. The number of hydrogen-bond acceptors (Lipinski definition) is 8. The molecule has 0 aliphatic carbocycles. The zero-order valence-corrected chi connectivity index (χ0v) is 18.9. The molecule has 156 valence electrons. The Morgan fingerprint density at radius 1 is 1.10 bits per heavy atom. The Labute approximate surface area is 188 Å². The Hall–Kier alpha value is -2.36. The third-order valence-electron chi connectivity index (χ3n) is 3.68. The normalized spacial score (nSPS) is 11.0. The second kappa shape index (κ2) is 12.4. The van der Waals surface area contributed by atoms with Gasteiger partial charge in [0.05, 0.1) is 18.6 Å². The van der Waals surface area contributed by atoms with Crippen molar-refractivity contribution in [2.45, 2.75) is 27.8 Å². The molecule has 30 heavy (non-hydrogen) atoms. The predicted octanol–water partition coefficient (Wildman–Crippen LogP) is 4.86. The minimum Gasteiger partial charge on any atom is -0.494 e. The Kier molecular flexibility index (Phi) is 9.20. The highest BCUT2D eigenvalue weighted by atomic mass is 32.2. The van der Waals surface area contributed by atoms with Gasteiger partial charge in [-0.1, -0.05) is 72.1 Å². The molecule has 0 aliphatic heterocycles. The molecule has 1 heterocycles. The van der Waals surface area contributed by atoms with Gasteiger partial charge in [0.25, 0.3) is 5.91 Å². The van der Waals surface area contributed by atoms with Crippen molar-refractivity contribution in [3.8, 4) is 5.75 Å². The molecule has 0 aliphatic rings. The second-order valence-electron chi connectivity index (χ2n) is 6.11. The minimum absolute atomic E-state index is 0.187. The van der Waals surface area contributed by atoms with E-state index in [0.29, 0.717) is 6.61 Å². The molecule has 6 nitrogen and oxygen atoms in total. The average molecular weight is 459 g/mol. The maximum atomic E-state index is 12.0. The number of aromatic nitrogens is 2. The lowest BCUT2D eigenvalue weighted by Gasteiger charge is -2.03. The van der Waals surface area contributed by atoms with Crippen LogP contribution in [0.1, 0.15) is 24.5 Å². The summed E-state index contributed by atoms with van der Waals surface area (Å²) in [6.45, 7) is 2.76. The summed E-state index contributed by atoms with van der Waals surface area (Å²) in [7, 11) is 0. The van der Waals surface area contributed by atoms with Crippen LogP contribution >= 0.6 is 34.9 Å². The van der Waals surface area contributed by atoms with Gasteiger partial charge >= 0.3 is 0 Å². The fourth-order valence-corrected chi connectivity index (χ4v) is 5.01. The van der Waals surface area contributed by atoms with Gasteiger partial charge in [0.15, 0.2) is 8.68 Å². The van der Waals surface area contributed by atoms with Crippen LogP contribution in [0.15, 0.2) is 68.4 Å². The van der Waals surface area contributed by atoms with Gasteiger partial charge in [-0.05, 0) is 41.8 Å². The number of carbonyl (C=O) groups is 1. The van der Waals surface area contributed by atoms with Crippen LogP contribution in [0.3, 0.4) is 0 Å². The molecule has 0 atom stereocenters. The lowest BCUT2D eigenvalue weighted by Crippen LogP contribution is -2.19. The Morgan fingerprint density at radius 2 is 1.83 bits per heavy atom. The molecule has 0 fully saturated rings. The van der Waals surface area contributed by atoms with E-state index in [-0.39, 0.29) is 11.7 Å². The molecule has 0 saturated heterocycles. The summed E-state index contributed by atoms with van der Waals surface area (Å²) in [5.41, 5.74) is 4.66. The Bertz CT molecular complexity index is 946. The number of carbonyl (C=O) groups excluding carboxylic acids is 1. The highest BCUT2D eigenvalue weighted by Gasteiger charge is 2.08. The van der Waals surface area contributed by atoms with E-state index < -0.39 is 0 Å². The van der Waals surface area contributed by atoms with Crippen LogP contribution in [0.4, 0.5) is 0 Å². The molecule has 1 N–H and O–H groups in total. The van der Waals surface area contributed by atoms with Gasteiger partial charge in [0.1, 0.15) is 5.75 Å². The number of hydrazone groups is 1. The first kappa shape index (κ1) is 22.3. The van der Waals surface area contributed by atoms with Crippen LogP contribution in [0, 0.1) is 0 Å². The molecule has 0 saturated carbocycles. The summed E-state index contributed by atoms with van der Waals surface area (Å²) in [5.74, 6) is 1.72. The summed E-state index contributed by atoms with van der Waals surface area (Å²) in [6, 6.07) is 17.8. The second-order valence-corrected chi connectivity index (χ2v) is 9.53. The molecule has 0 bridgehead atoms. The number of hydrogen-bond donors (Lipinski definition) is 1. The van der Waals surface area contributed by atoms with E-state index in [2.05, 4.69) is 39.8 Å². The first-order chi connectivity index (χ1) is 14.7. The van der Waals surface area contributed by atoms with E-state index >= 15 is 0 Å². The van der Waals surface area contributed by atoms with Gasteiger partial charge in [0, 0.05) is 5.75 Å². The first-order valence-electron chi connectivity index (χ1n) is 9.40. The largest absolute Gasteiger partial charge is 0.494 e. The summed E-state index contributed by atoms with van der Waals surface area (Å²) in [6.07, 6.45) is 2.58. The lowest BCUT2D eigenvalue weighted by molar-refractivity contribution is -0.118. The van der Waals surface area contributed by atoms with Crippen molar-refractivity contribution >= 4 is 47.0 Å². The van der Waals surface area contributed by atoms with Crippen molar-refractivity contribution in [1.29, 1.82) is 0 Å². The molecule has 0 unspecified atom stereocenters. The number of ether oxygens (including phenoxy) is 1. The topological polar surface area (TPSA) is 76.5 Å². The van der Waals surface area contributed by atoms with Gasteiger partial charge in [-0.2, -0.15) is 5.10 Å². The van der Waals surface area contributed by atoms with Crippen molar-refractivity contribution in [2.24, 2.45) is 5.10 Å². The van der Waals surface area contributed by atoms with Crippen molar-refractivity contribution < 1.29 is 9.53 Å². The molecule has 3 rings (SSSR count). The van der Waals surface area contributed by atoms with Gasteiger partial charge in [0.2, 0.25) is 0 Å². The third-order valence-corrected chi connectivity index (χ3v) is 6.94. The number of nitrogens with zero attached hydrogens (tertiary/aromatic N) is 3. The molecular formula is C21H22N4O2S3. The molecule has 2 aromatic carbocycles. The van der Waals surface area contributed by atoms with E-state index in [0.717, 1.165) is 32.2 Å². The lowest BCUT2D eigenvalue weighted by atomic mass is 10.2. The standard InChI is InChI=1S/C21H22N4O2S3/c1-2-12-27-18-10-8-16(9-11-18)13-22-23-19(26)15-29-21-25-24-20(30-21)28-14-17-6-4-3-5-7-17/h3-11,13H,2,12,14-15H2,1H3,(H,23,26)/b22-13-. The number of thioether (sulfide) groups is 2. The quantitative estimate of drug-likeness (QED) is 0.251. The van der Waals surface area contributed by atoms with Gasteiger partial charge in [-0.15, -0.1) is 10.2 Å². The number of nitrogens with one attached hydrogen (secondary N) is 1. The van der Waals surface area contributed by atoms with Crippen LogP contribution in [-0.2, 0) is 10.5 Å². The molecule has 0 radical (unpaired) electrons. The summed E-state index contributed by atoms with van der Waals surface area (Å²) in [5, 5.41) is 12.3. The van der Waals surface area contributed by atoms with E-state index in [1.807, 2.05) is 42.5 Å². The van der Waals surface area contributed by atoms with Crippen LogP contribution < -0.4 is 10.2 Å². The summed E-state index contributed by atoms with van der Waals surface area (Å²) in [4.78, 5) is 12.0. The van der Waals surface area contributed by atoms with Crippen molar-refractivity contribution in [3.05, 3.63) is 65.7 Å². The van der Waals surface area contributed by atoms with E-state index in [9.17, 15) is 4.79 Å². The van der Waals surface area contributed by atoms with E-state index in [1.165, 1.54) is 28.7 Å². The maximum absolute atomic E-state index is 12.0. The minimum atomic E-state index is -0.187. The molecular weight excluding hydrogens is 436 g/mol. The van der Waals surface area contributed by atoms with Crippen LogP contribution in [-0.4, -0.2) is 34.7 Å². The van der Waals surface area contributed by atoms with Gasteiger partial charge < -0.3 is 4.74 Å². The van der Waals surface area contributed by atoms with Crippen molar-refractivity contribution in [3.63, 3.8) is 0 Å². The molecule has 3 aromatic rings. The van der Waals surface area contributed by atoms with Gasteiger partial charge in [-0.25, -0.2) is 5.43 Å². The number of rotatable bonds is 11. The Balaban J connectivity index is 1.37. The van der Waals surface area contributed by atoms with E-state index in [4.69, 9.17) is 4.74 Å². The SMILES string of the molecule is CCCOc1ccc(/C=N\NC(=O)CSc2nnc(SCc3ccccc3)s2)cc1.